The number of nitrogens with zero attached hydrogens (tertiary/aromatic N) is 5. The quantitative estimate of drug-likeness (QED) is 0.521. The van der Waals surface area contributed by atoms with Gasteiger partial charge in [-0.25, -0.2) is 4.79 Å². The molecule has 1 aliphatic heterocycles. The molecule has 0 spiro atoms. The van der Waals surface area contributed by atoms with E-state index >= 15 is 0 Å². The first kappa shape index (κ1) is 24.5. The summed E-state index contributed by atoms with van der Waals surface area (Å²) in [6.07, 6.45) is 0. The maximum atomic E-state index is 12.7. The molecule has 0 bridgehead atoms. The van der Waals surface area contributed by atoms with Gasteiger partial charge in [-0.05, 0) is 48.5 Å². The first-order valence-corrected chi connectivity index (χ1v) is 11.6. The van der Waals surface area contributed by atoms with Crippen molar-refractivity contribution in [1.82, 2.24) is 24.6 Å². The zero-order valence-corrected chi connectivity index (χ0v) is 20.4. The van der Waals surface area contributed by atoms with Gasteiger partial charge in [-0.1, -0.05) is 11.6 Å². The van der Waals surface area contributed by atoms with E-state index in [2.05, 4.69) is 20.2 Å². The molecule has 1 amide bonds. The summed E-state index contributed by atoms with van der Waals surface area (Å²) >= 11 is 5.91. The highest BCUT2D eigenvalue weighted by Gasteiger charge is 2.20. The van der Waals surface area contributed by atoms with E-state index in [0.29, 0.717) is 23.8 Å². The normalized spacial score (nSPS) is 14.1. The molecule has 0 unspecified atom stereocenters. The maximum absolute atomic E-state index is 12.7. The number of anilines is 1. The van der Waals surface area contributed by atoms with E-state index in [1.54, 1.807) is 31.4 Å². The number of carbonyl (C=O) groups excluding carboxylic acids is 1. The average molecular weight is 499 g/mol. The fourth-order valence-electron chi connectivity index (χ4n) is 3.90. The van der Waals surface area contributed by atoms with Crippen LogP contribution in [0, 0.1) is 0 Å². The van der Waals surface area contributed by atoms with Crippen LogP contribution in [0.15, 0.2) is 58.1 Å². The van der Waals surface area contributed by atoms with Crippen LogP contribution in [0.2, 0.25) is 5.02 Å². The van der Waals surface area contributed by atoms with Crippen LogP contribution >= 0.6 is 11.6 Å². The molecule has 11 heteroatoms. The van der Waals surface area contributed by atoms with E-state index in [0.717, 1.165) is 46.9 Å². The summed E-state index contributed by atoms with van der Waals surface area (Å²) in [4.78, 5) is 42.3. The smallest absolute Gasteiger partial charge is 0.351 e. The van der Waals surface area contributed by atoms with Gasteiger partial charge in [0.15, 0.2) is 0 Å². The van der Waals surface area contributed by atoms with Gasteiger partial charge in [0.05, 0.1) is 12.8 Å². The Balaban J connectivity index is 1.34. The number of hydrogen-bond donors (Lipinski definition) is 1. The summed E-state index contributed by atoms with van der Waals surface area (Å²) in [7, 11) is 2.97. The van der Waals surface area contributed by atoms with Crippen molar-refractivity contribution >= 4 is 23.2 Å². The largest absolute Gasteiger partial charge is 0.497 e. The number of methoxy groups -OCH3 is 1. The number of ether oxygens (including phenoxy) is 1. The van der Waals surface area contributed by atoms with Gasteiger partial charge >= 0.3 is 5.69 Å². The lowest BCUT2D eigenvalue weighted by atomic mass is 10.2. The minimum absolute atomic E-state index is 0.341. The summed E-state index contributed by atoms with van der Waals surface area (Å²) < 4.78 is 7.10. The Morgan fingerprint density at radius 1 is 1.00 bits per heavy atom. The number of aromatic nitrogens is 3. The predicted molar refractivity (Wildman–Crippen MR) is 134 cm³/mol. The third kappa shape index (κ3) is 5.55. The number of benzene rings is 2. The number of rotatable bonds is 7. The van der Waals surface area contributed by atoms with Gasteiger partial charge in [-0.15, -0.1) is 0 Å². The van der Waals surface area contributed by atoms with Crippen molar-refractivity contribution in [1.29, 1.82) is 0 Å². The second kappa shape index (κ2) is 10.7. The molecule has 1 saturated heterocycles. The van der Waals surface area contributed by atoms with Crippen molar-refractivity contribution in [2.75, 3.05) is 51.3 Å². The van der Waals surface area contributed by atoms with Crippen LogP contribution in [0.1, 0.15) is 10.5 Å². The molecule has 1 aromatic heterocycles. The summed E-state index contributed by atoms with van der Waals surface area (Å²) in [5, 5.41) is 7.29. The lowest BCUT2D eigenvalue weighted by molar-refractivity contribution is 0.0938. The Morgan fingerprint density at radius 2 is 1.63 bits per heavy atom. The monoisotopic (exact) mass is 498 g/mol. The van der Waals surface area contributed by atoms with Crippen LogP contribution in [0.3, 0.4) is 0 Å². The van der Waals surface area contributed by atoms with Crippen LogP contribution in [-0.4, -0.2) is 71.5 Å². The minimum atomic E-state index is -0.745. The Hall–Kier alpha value is -3.63. The van der Waals surface area contributed by atoms with Crippen LogP contribution in [0.25, 0.3) is 5.69 Å². The molecule has 0 atom stereocenters. The third-order valence-electron chi connectivity index (χ3n) is 5.99. The SMILES string of the molecule is COc1ccc(N2CCN(CCNC(=O)c3nn(-c4ccc(Cl)cc4)c(=O)n(C)c3=O)CC2)cc1. The second-order valence-corrected chi connectivity index (χ2v) is 8.60. The van der Waals surface area contributed by atoms with Gasteiger partial charge < -0.3 is 15.0 Å². The van der Waals surface area contributed by atoms with Crippen LogP contribution in [-0.2, 0) is 7.05 Å². The summed E-state index contributed by atoms with van der Waals surface area (Å²) in [6.45, 7) is 4.43. The standard InChI is InChI=1S/C24H27ClN6O4/c1-28-23(33)21(27-31(24(28)34)19-5-3-17(25)4-6-19)22(32)26-11-12-29-13-15-30(16-14-29)18-7-9-20(35-2)10-8-18/h3-10H,11-16H2,1-2H3,(H,26,32). The Kier molecular flexibility index (Phi) is 7.52. The molecule has 2 aromatic carbocycles. The molecule has 35 heavy (non-hydrogen) atoms. The van der Waals surface area contributed by atoms with Gasteiger partial charge in [0.2, 0.25) is 5.69 Å². The van der Waals surface area contributed by atoms with Crippen molar-refractivity contribution < 1.29 is 9.53 Å². The molecule has 10 nitrogen and oxygen atoms in total. The Morgan fingerprint density at radius 3 is 2.26 bits per heavy atom. The molecule has 0 aliphatic carbocycles. The number of amides is 1. The molecule has 0 saturated carbocycles. The van der Waals surface area contributed by atoms with Crippen LogP contribution < -0.4 is 26.2 Å². The fourth-order valence-corrected chi connectivity index (χ4v) is 4.03. The predicted octanol–water partition coefficient (Wildman–Crippen LogP) is 1.15. The highest BCUT2D eigenvalue weighted by Crippen LogP contribution is 2.20. The van der Waals surface area contributed by atoms with E-state index in [1.165, 1.54) is 7.05 Å². The molecule has 1 fully saturated rings. The number of carbonyl (C=O) groups is 1. The summed E-state index contributed by atoms with van der Waals surface area (Å²) in [6, 6.07) is 14.4. The van der Waals surface area contributed by atoms with Crippen molar-refractivity contribution in [3.05, 3.63) is 80.1 Å². The van der Waals surface area contributed by atoms with Gasteiger partial charge in [0.1, 0.15) is 5.75 Å². The van der Waals surface area contributed by atoms with Crippen LogP contribution in [0.5, 0.6) is 5.75 Å². The van der Waals surface area contributed by atoms with Gasteiger partial charge in [-0.3, -0.25) is 19.1 Å². The highest BCUT2D eigenvalue weighted by molar-refractivity contribution is 6.30. The van der Waals surface area contributed by atoms with E-state index in [-0.39, 0.29) is 5.69 Å². The molecule has 1 aliphatic rings. The highest BCUT2D eigenvalue weighted by atomic mass is 35.5. The van der Waals surface area contributed by atoms with Gasteiger partial charge in [0, 0.05) is 57.0 Å². The minimum Gasteiger partial charge on any atom is -0.497 e. The molecule has 3 aromatic rings. The van der Waals surface area contributed by atoms with E-state index in [1.807, 2.05) is 24.3 Å². The molecule has 1 N–H and O–H groups in total. The maximum Gasteiger partial charge on any atom is 0.351 e. The van der Waals surface area contributed by atoms with E-state index < -0.39 is 17.2 Å². The topological polar surface area (TPSA) is 102 Å². The van der Waals surface area contributed by atoms with Crippen molar-refractivity contribution in [2.45, 2.75) is 0 Å². The van der Waals surface area contributed by atoms with Crippen molar-refractivity contribution in [3.8, 4) is 11.4 Å². The lowest BCUT2D eigenvalue weighted by Gasteiger charge is -2.36. The number of hydrogen-bond acceptors (Lipinski definition) is 7. The molecule has 0 radical (unpaired) electrons. The Bertz CT molecular complexity index is 1300. The number of nitrogens with one attached hydrogen (secondary N) is 1. The zero-order chi connectivity index (χ0) is 24.9. The molecular formula is C24H27ClN6O4. The number of halogens is 1. The first-order valence-electron chi connectivity index (χ1n) is 11.2. The molecule has 2 heterocycles. The molecule has 4 rings (SSSR count). The molecule has 184 valence electrons. The zero-order valence-electron chi connectivity index (χ0n) is 19.6. The Labute approximate surface area is 207 Å². The van der Waals surface area contributed by atoms with Gasteiger partial charge in [0.25, 0.3) is 11.5 Å². The van der Waals surface area contributed by atoms with E-state index in [9.17, 15) is 14.4 Å². The van der Waals surface area contributed by atoms with Crippen LogP contribution in [0.4, 0.5) is 5.69 Å². The first-order chi connectivity index (χ1) is 16.9. The fraction of sp³-hybridized carbons (Fsp3) is 0.333. The lowest BCUT2D eigenvalue weighted by Crippen LogP contribution is -2.49. The summed E-state index contributed by atoms with van der Waals surface area (Å²) in [5.41, 5.74) is -0.184. The van der Waals surface area contributed by atoms with Gasteiger partial charge in [-0.2, -0.15) is 9.78 Å². The third-order valence-corrected chi connectivity index (χ3v) is 6.24. The van der Waals surface area contributed by atoms with E-state index in [4.69, 9.17) is 16.3 Å². The summed E-state index contributed by atoms with van der Waals surface area (Å²) in [5.74, 6) is 0.209. The molecular weight excluding hydrogens is 472 g/mol. The average Bonchev–Trinajstić information content (AvgIpc) is 2.88. The number of piperazine rings is 1. The second-order valence-electron chi connectivity index (χ2n) is 8.17. The van der Waals surface area contributed by atoms with Crippen molar-refractivity contribution in [3.63, 3.8) is 0 Å². The van der Waals surface area contributed by atoms with Crippen molar-refractivity contribution in [2.24, 2.45) is 7.05 Å².